The molecule has 1 saturated heterocycles. The van der Waals surface area contributed by atoms with E-state index in [4.69, 9.17) is 0 Å². The van der Waals surface area contributed by atoms with Crippen LogP contribution in [0.15, 0.2) is 11.4 Å². The lowest BCUT2D eigenvalue weighted by atomic mass is 10.2. The van der Waals surface area contributed by atoms with Crippen LogP contribution in [0.2, 0.25) is 0 Å². The van der Waals surface area contributed by atoms with Gasteiger partial charge in [-0.15, -0.1) is 11.3 Å². The molecule has 2 N–H and O–H groups in total. The molecule has 2 aromatic rings. The highest BCUT2D eigenvalue weighted by Gasteiger charge is 2.17. The largest absolute Gasteiger partial charge is 0.365 e. The fraction of sp³-hybridized carbons (Fsp3) is 0.500. The van der Waals surface area contributed by atoms with Crippen molar-refractivity contribution >= 4 is 27.4 Å². The summed E-state index contributed by atoms with van der Waals surface area (Å²) in [4.78, 5) is 9.15. The lowest BCUT2D eigenvalue weighted by Crippen LogP contribution is -2.23. The molecule has 1 fully saturated rings. The number of nitrogens with one attached hydrogen (secondary N) is 2. The first-order valence-electron chi connectivity index (χ1n) is 6.08. The van der Waals surface area contributed by atoms with Crippen LogP contribution in [0.5, 0.6) is 0 Å². The third kappa shape index (κ3) is 2.12. The second-order valence-electron chi connectivity index (χ2n) is 4.31. The van der Waals surface area contributed by atoms with Gasteiger partial charge in [0.2, 0.25) is 0 Å². The van der Waals surface area contributed by atoms with Crippen LogP contribution in [0.3, 0.4) is 0 Å². The number of nitrogens with zero attached hydrogens (tertiary/aromatic N) is 2. The quantitative estimate of drug-likeness (QED) is 0.872. The maximum atomic E-state index is 4.62. The molecule has 4 nitrogen and oxygen atoms in total. The van der Waals surface area contributed by atoms with E-state index in [1.807, 2.05) is 0 Å². The molecule has 0 amide bonds. The van der Waals surface area contributed by atoms with Crippen molar-refractivity contribution in [1.82, 2.24) is 15.3 Å². The van der Waals surface area contributed by atoms with Gasteiger partial charge in [0.15, 0.2) is 0 Å². The van der Waals surface area contributed by atoms with Crippen molar-refractivity contribution in [2.45, 2.75) is 25.8 Å². The van der Waals surface area contributed by atoms with Crippen molar-refractivity contribution in [3.05, 3.63) is 17.3 Å². The standard InChI is InChI=1S/C12H16N4S/c1-2-10-15-9-4-6-17-11(9)12(16-10)14-8-3-5-13-7-8/h4,6,8,13H,2-3,5,7H2,1H3,(H,14,15,16). The number of hydrogen-bond donors (Lipinski definition) is 2. The van der Waals surface area contributed by atoms with Crippen molar-refractivity contribution in [2.75, 3.05) is 18.4 Å². The number of thiophene rings is 1. The fourth-order valence-electron chi connectivity index (χ4n) is 2.14. The molecule has 1 unspecified atom stereocenters. The Morgan fingerprint density at radius 3 is 3.24 bits per heavy atom. The van der Waals surface area contributed by atoms with Gasteiger partial charge in [-0.1, -0.05) is 6.92 Å². The molecule has 90 valence electrons. The van der Waals surface area contributed by atoms with E-state index in [9.17, 15) is 0 Å². The first-order chi connectivity index (χ1) is 8.36. The summed E-state index contributed by atoms with van der Waals surface area (Å²) in [5, 5.41) is 8.98. The summed E-state index contributed by atoms with van der Waals surface area (Å²) in [6.45, 7) is 4.21. The SMILES string of the molecule is CCc1nc(NC2CCNC2)c2sccc2n1. The molecule has 2 aromatic heterocycles. The number of rotatable bonds is 3. The Hall–Kier alpha value is -1.20. The molecule has 1 atom stereocenters. The van der Waals surface area contributed by atoms with Gasteiger partial charge >= 0.3 is 0 Å². The Morgan fingerprint density at radius 2 is 2.47 bits per heavy atom. The van der Waals surface area contributed by atoms with E-state index in [0.717, 1.165) is 36.7 Å². The summed E-state index contributed by atoms with van der Waals surface area (Å²) in [6.07, 6.45) is 2.04. The van der Waals surface area contributed by atoms with Crippen molar-refractivity contribution in [1.29, 1.82) is 0 Å². The molecule has 0 aromatic carbocycles. The second kappa shape index (κ2) is 4.58. The Labute approximate surface area is 104 Å². The zero-order valence-electron chi connectivity index (χ0n) is 9.86. The second-order valence-corrected chi connectivity index (χ2v) is 5.23. The smallest absolute Gasteiger partial charge is 0.148 e. The van der Waals surface area contributed by atoms with Crippen molar-refractivity contribution < 1.29 is 0 Å². The predicted octanol–water partition coefficient (Wildman–Crippen LogP) is 2.03. The molecule has 3 rings (SSSR count). The van der Waals surface area contributed by atoms with Gasteiger partial charge in [0.1, 0.15) is 11.6 Å². The number of anilines is 1. The van der Waals surface area contributed by atoms with Crippen LogP contribution >= 0.6 is 11.3 Å². The maximum Gasteiger partial charge on any atom is 0.148 e. The summed E-state index contributed by atoms with van der Waals surface area (Å²) < 4.78 is 1.18. The van der Waals surface area contributed by atoms with E-state index in [1.54, 1.807) is 11.3 Å². The Bertz CT molecular complexity index is 516. The van der Waals surface area contributed by atoms with Crippen molar-refractivity contribution in [2.24, 2.45) is 0 Å². The third-order valence-corrected chi connectivity index (χ3v) is 3.98. The zero-order valence-corrected chi connectivity index (χ0v) is 10.7. The molecule has 1 aliphatic heterocycles. The van der Waals surface area contributed by atoms with E-state index in [-0.39, 0.29) is 0 Å². The number of aromatic nitrogens is 2. The molecule has 3 heterocycles. The first-order valence-corrected chi connectivity index (χ1v) is 6.96. The average Bonchev–Trinajstić information content (AvgIpc) is 2.98. The molecule has 0 bridgehead atoms. The molecule has 0 saturated carbocycles. The van der Waals surface area contributed by atoms with Crippen LogP contribution in [0.4, 0.5) is 5.82 Å². The van der Waals surface area contributed by atoms with Gasteiger partial charge in [-0.2, -0.15) is 0 Å². The van der Waals surface area contributed by atoms with Gasteiger partial charge < -0.3 is 10.6 Å². The fourth-order valence-corrected chi connectivity index (χ4v) is 2.92. The minimum absolute atomic E-state index is 0.500. The predicted molar refractivity (Wildman–Crippen MR) is 71.7 cm³/mol. The van der Waals surface area contributed by atoms with E-state index in [0.29, 0.717) is 6.04 Å². The highest BCUT2D eigenvalue weighted by molar-refractivity contribution is 7.17. The summed E-state index contributed by atoms with van der Waals surface area (Å²) in [7, 11) is 0. The van der Waals surface area contributed by atoms with Crippen LogP contribution in [-0.4, -0.2) is 29.1 Å². The topological polar surface area (TPSA) is 49.8 Å². The highest BCUT2D eigenvalue weighted by atomic mass is 32.1. The lowest BCUT2D eigenvalue weighted by molar-refractivity contribution is 0.786. The molecule has 0 aliphatic carbocycles. The van der Waals surface area contributed by atoms with Gasteiger partial charge in [0.25, 0.3) is 0 Å². The monoisotopic (exact) mass is 248 g/mol. The summed E-state index contributed by atoms with van der Waals surface area (Å²) in [5.74, 6) is 1.93. The molecule has 17 heavy (non-hydrogen) atoms. The van der Waals surface area contributed by atoms with E-state index < -0.39 is 0 Å². The number of hydrogen-bond acceptors (Lipinski definition) is 5. The van der Waals surface area contributed by atoms with Crippen molar-refractivity contribution in [3.63, 3.8) is 0 Å². The van der Waals surface area contributed by atoms with E-state index >= 15 is 0 Å². The molecular weight excluding hydrogens is 232 g/mol. The lowest BCUT2D eigenvalue weighted by Gasteiger charge is -2.13. The molecule has 0 spiro atoms. The number of fused-ring (bicyclic) bond motifs is 1. The Morgan fingerprint density at radius 1 is 1.53 bits per heavy atom. The average molecular weight is 248 g/mol. The van der Waals surface area contributed by atoms with Gasteiger partial charge in [-0.3, -0.25) is 0 Å². The Balaban J connectivity index is 1.97. The van der Waals surface area contributed by atoms with Gasteiger partial charge in [-0.25, -0.2) is 9.97 Å². The van der Waals surface area contributed by atoms with Gasteiger partial charge in [0.05, 0.1) is 10.2 Å². The van der Waals surface area contributed by atoms with Crippen LogP contribution in [0.25, 0.3) is 10.2 Å². The van der Waals surface area contributed by atoms with Crippen LogP contribution < -0.4 is 10.6 Å². The maximum absolute atomic E-state index is 4.62. The Kier molecular flexibility index (Phi) is 2.94. The molecule has 1 aliphatic rings. The summed E-state index contributed by atoms with van der Waals surface area (Å²) in [6, 6.07) is 2.57. The van der Waals surface area contributed by atoms with Crippen LogP contribution in [0, 0.1) is 0 Å². The zero-order chi connectivity index (χ0) is 11.7. The van der Waals surface area contributed by atoms with Gasteiger partial charge in [-0.05, 0) is 24.4 Å². The normalized spacial score (nSPS) is 19.9. The molecule has 0 radical (unpaired) electrons. The summed E-state index contributed by atoms with van der Waals surface area (Å²) >= 11 is 1.71. The van der Waals surface area contributed by atoms with Crippen molar-refractivity contribution in [3.8, 4) is 0 Å². The van der Waals surface area contributed by atoms with Crippen LogP contribution in [-0.2, 0) is 6.42 Å². The number of aryl methyl sites for hydroxylation is 1. The molecule has 5 heteroatoms. The van der Waals surface area contributed by atoms with Crippen LogP contribution in [0.1, 0.15) is 19.2 Å². The van der Waals surface area contributed by atoms with Gasteiger partial charge in [0, 0.05) is 19.0 Å². The highest BCUT2D eigenvalue weighted by Crippen LogP contribution is 2.27. The van der Waals surface area contributed by atoms with E-state index in [1.165, 1.54) is 11.1 Å². The third-order valence-electron chi connectivity index (χ3n) is 3.07. The molecular formula is C12H16N4S. The first kappa shape index (κ1) is 10.9. The van der Waals surface area contributed by atoms with E-state index in [2.05, 4.69) is 39.0 Å². The minimum atomic E-state index is 0.500. The summed E-state index contributed by atoms with van der Waals surface area (Å²) in [5.41, 5.74) is 1.07. The minimum Gasteiger partial charge on any atom is -0.365 e.